The van der Waals surface area contributed by atoms with Crippen molar-refractivity contribution in [2.24, 2.45) is 0 Å². The standard InChI is InChI=1S/C22H25Cl2N3O2/c1-22(2,16-6-4-3-5-7-16)21(29)27-12-10-26(11-13-27)15-20(28)25-19-9-8-17(23)14-18(19)24/h3-9,14H,10-13,15H2,1-2H3,(H,25,28). The zero-order valence-electron chi connectivity index (χ0n) is 16.6. The van der Waals surface area contributed by atoms with Gasteiger partial charge in [-0.1, -0.05) is 53.5 Å². The molecular weight excluding hydrogens is 409 g/mol. The molecule has 0 spiro atoms. The van der Waals surface area contributed by atoms with Crippen molar-refractivity contribution in [3.63, 3.8) is 0 Å². The smallest absolute Gasteiger partial charge is 0.238 e. The van der Waals surface area contributed by atoms with Gasteiger partial charge in [0.2, 0.25) is 11.8 Å². The first-order chi connectivity index (χ1) is 13.8. The first kappa shape index (κ1) is 21.6. The van der Waals surface area contributed by atoms with E-state index in [2.05, 4.69) is 5.32 Å². The van der Waals surface area contributed by atoms with Crippen molar-refractivity contribution >= 4 is 40.7 Å². The summed E-state index contributed by atoms with van der Waals surface area (Å²) in [4.78, 5) is 29.3. The maximum absolute atomic E-state index is 13.1. The van der Waals surface area contributed by atoms with Gasteiger partial charge in [0.1, 0.15) is 0 Å². The molecule has 0 radical (unpaired) electrons. The molecule has 1 aliphatic heterocycles. The molecule has 0 bridgehead atoms. The van der Waals surface area contributed by atoms with Crippen LogP contribution in [0.2, 0.25) is 10.0 Å². The van der Waals surface area contributed by atoms with Crippen LogP contribution in [0.5, 0.6) is 0 Å². The number of anilines is 1. The van der Waals surface area contributed by atoms with E-state index in [4.69, 9.17) is 23.2 Å². The SMILES string of the molecule is CC(C)(C(=O)N1CCN(CC(=O)Nc2ccc(Cl)cc2Cl)CC1)c1ccccc1. The van der Waals surface area contributed by atoms with Gasteiger partial charge in [-0.2, -0.15) is 0 Å². The Hall–Kier alpha value is -2.08. The highest BCUT2D eigenvalue weighted by molar-refractivity contribution is 6.36. The van der Waals surface area contributed by atoms with Crippen molar-refractivity contribution in [1.82, 2.24) is 9.80 Å². The highest BCUT2D eigenvalue weighted by Gasteiger charge is 2.35. The minimum atomic E-state index is -0.577. The molecule has 0 aliphatic carbocycles. The summed E-state index contributed by atoms with van der Waals surface area (Å²) in [5.74, 6) is -0.0284. The first-order valence-corrected chi connectivity index (χ1v) is 10.3. The zero-order chi connectivity index (χ0) is 21.0. The second-order valence-electron chi connectivity index (χ2n) is 7.73. The van der Waals surface area contributed by atoms with Gasteiger partial charge in [0.25, 0.3) is 0 Å². The molecule has 0 unspecified atom stereocenters. The number of nitrogens with zero attached hydrogens (tertiary/aromatic N) is 2. The summed E-state index contributed by atoms with van der Waals surface area (Å²) in [5.41, 5.74) is 0.970. The van der Waals surface area contributed by atoms with Gasteiger partial charge in [-0.25, -0.2) is 0 Å². The highest BCUT2D eigenvalue weighted by Crippen LogP contribution is 2.27. The van der Waals surface area contributed by atoms with E-state index in [1.165, 1.54) is 0 Å². The van der Waals surface area contributed by atoms with Crippen LogP contribution in [0.25, 0.3) is 0 Å². The lowest BCUT2D eigenvalue weighted by Crippen LogP contribution is -2.54. The fourth-order valence-corrected chi connectivity index (χ4v) is 3.92. The molecular formula is C22H25Cl2N3O2. The molecule has 3 rings (SSSR count). The number of rotatable bonds is 5. The van der Waals surface area contributed by atoms with E-state index in [1.54, 1.807) is 18.2 Å². The summed E-state index contributed by atoms with van der Waals surface area (Å²) in [6.07, 6.45) is 0. The minimum absolute atomic E-state index is 0.112. The maximum atomic E-state index is 13.1. The number of piperazine rings is 1. The van der Waals surface area contributed by atoms with Crippen molar-refractivity contribution in [3.05, 3.63) is 64.1 Å². The Bertz CT molecular complexity index is 879. The summed E-state index contributed by atoms with van der Waals surface area (Å²) in [6, 6.07) is 14.8. The van der Waals surface area contributed by atoms with Crippen molar-refractivity contribution in [2.75, 3.05) is 38.0 Å². The lowest BCUT2D eigenvalue weighted by Gasteiger charge is -2.38. The van der Waals surface area contributed by atoms with Gasteiger partial charge in [-0.05, 0) is 37.6 Å². The quantitative estimate of drug-likeness (QED) is 0.773. The van der Waals surface area contributed by atoms with E-state index in [-0.39, 0.29) is 18.4 Å². The van der Waals surface area contributed by atoms with Gasteiger partial charge in [0, 0.05) is 31.2 Å². The third-order valence-electron chi connectivity index (χ3n) is 5.26. The van der Waals surface area contributed by atoms with E-state index >= 15 is 0 Å². The largest absolute Gasteiger partial charge is 0.339 e. The second-order valence-corrected chi connectivity index (χ2v) is 8.58. The monoisotopic (exact) mass is 433 g/mol. The molecule has 0 atom stereocenters. The summed E-state index contributed by atoms with van der Waals surface area (Å²) in [7, 11) is 0. The minimum Gasteiger partial charge on any atom is -0.339 e. The van der Waals surface area contributed by atoms with E-state index in [0.29, 0.717) is 41.9 Å². The van der Waals surface area contributed by atoms with Crippen LogP contribution in [0.4, 0.5) is 5.69 Å². The van der Waals surface area contributed by atoms with Gasteiger partial charge in [0.05, 0.1) is 22.7 Å². The van der Waals surface area contributed by atoms with Crippen LogP contribution >= 0.6 is 23.2 Å². The van der Waals surface area contributed by atoms with Crippen LogP contribution < -0.4 is 5.32 Å². The molecule has 5 nitrogen and oxygen atoms in total. The molecule has 154 valence electrons. The molecule has 29 heavy (non-hydrogen) atoms. The molecule has 2 aromatic carbocycles. The third kappa shape index (κ3) is 5.30. The normalized spacial score (nSPS) is 15.2. The number of carbonyl (C=O) groups is 2. The molecule has 1 N–H and O–H groups in total. The van der Waals surface area contributed by atoms with E-state index in [9.17, 15) is 9.59 Å². The van der Waals surface area contributed by atoms with Crippen LogP contribution in [0, 0.1) is 0 Å². The molecule has 0 saturated carbocycles. The van der Waals surface area contributed by atoms with Crippen molar-refractivity contribution in [3.8, 4) is 0 Å². The van der Waals surface area contributed by atoms with Gasteiger partial charge < -0.3 is 10.2 Å². The van der Waals surface area contributed by atoms with Crippen LogP contribution in [0.15, 0.2) is 48.5 Å². The molecule has 2 aromatic rings. The Labute approximate surface area is 181 Å². The number of hydrogen-bond donors (Lipinski definition) is 1. The Morgan fingerprint density at radius 3 is 2.28 bits per heavy atom. The molecule has 1 fully saturated rings. The predicted octanol–water partition coefficient (Wildman–Crippen LogP) is 4.05. The maximum Gasteiger partial charge on any atom is 0.238 e. The van der Waals surface area contributed by atoms with Crippen molar-refractivity contribution in [1.29, 1.82) is 0 Å². The van der Waals surface area contributed by atoms with E-state index < -0.39 is 5.41 Å². The highest BCUT2D eigenvalue weighted by atomic mass is 35.5. The van der Waals surface area contributed by atoms with Gasteiger partial charge in [-0.15, -0.1) is 0 Å². The Kier molecular flexibility index (Phi) is 6.83. The Balaban J connectivity index is 1.52. The summed E-state index contributed by atoms with van der Waals surface area (Å²) >= 11 is 12.0. The van der Waals surface area contributed by atoms with E-state index in [1.807, 2.05) is 54.0 Å². The fourth-order valence-electron chi connectivity index (χ4n) is 3.47. The average molecular weight is 434 g/mol. The molecule has 2 amide bonds. The van der Waals surface area contributed by atoms with Gasteiger partial charge in [0.15, 0.2) is 0 Å². The molecule has 7 heteroatoms. The van der Waals surface area contributed by atoms with Crippen LogP contribution in [-0.2, 0) is 15.0 Å². The van der Waals surface area contributed by atoms with Gasteiger partial charge >= 0.3 is 0 Å². The Morgan fingerprint density at radius 2 is 1.66 bits per heavy atom. The molecule has 1 heterocycles. The van der Waals surface area contributed by atoms with E-state index in [0.717, 1.165) is 5.56 Å². The topological polar surface area (TPSA) is 52.7 Å². The van der Waals surface area contributed by atoms with Crippen LogP contribution in [-0.4, -0.2) is 54.3 Å². The second kappa shape index (κ2) is 9.16. The molecule has 0 aromatic heterocycles. The fraction of sp³-hybridized carbons (Fsp3) is 0.364. The first-order valence-electron chi connectivity index (χ1n) is 9.59. The lowest BCUT2D eigenvalue weighted by atomic mass is 9.83. The zero-order valence-corrected chi connectivity index (χ0v) is 18.1. The Morgan fingerprint density at radius 1 is 1.00 bits per heavy atom. The summed E-state index contributed by atoms with van der Waals surface area (Å²) in [5, 5.41) is 3.74. The van der Waals surface area contributed by atoms with Crippen molar-refractivity contribution in [2.45, 2.75) is 19.3 Å². The van der Waals surface area contributed by atoms with Gasteiger partial charge in [-0.3, -0.25) is 14.5 Å². The number of benzene rings is 2. The van der Waals surface area contributed by atoms with Crippen LogP contribution in [0.1, 0.15) is 19.4 Å². The van der Waals surface area contributed by atoms with Crippen LogP contribution in [0.3, 0.4) is 0 Å². The number of carbonyl (C=O) groups excluding carboxylic acids is 2. The number of hydrogen-bond acceptors (Lipinski definition) is 3. The lowest BCUT2D eigenvalue weighted by molar-refractivity contribution is -0.138. The number of amides is 2. The van der Waals surface area contributed by atoms with Crippen molar-refractivity contribution < 1.29 is 9.59 Å². The summed E-state index contributed by atoms with van der Waals surface area (Å²) < 4.78 is 0. The molecule has 1 saturated heterocycles. The predicted molar refractivity (Wildman–Crippen MR) is 118 cm³/mol. The number of halogens is 2. The third-order valence-corrected chi connectivity index (χ3v) is 5.81. The molecule has 1 aliphatic rings. The summed E-state index contributed by atoms with van der Waals surface area (Å²) in [6.45, 7) is 6.68. The average Bonchev–Trinajstić information content (AvgIpc) is 2.71. The number of nitrogens with one attached hydrogen (secondary N) is 1.